The highest BCUT2D eigenvalue weighted by Gasteiger charge is 2.24. The summed E-state index contributed by atoms with van der Waals surface area (Å²) in [4.78, 5) is 19.4. The van der Waals surface area contributed by atoms with Crippen molar-refractivity contribution in [1.29, 1.82) is 0 Å². The maximum absolute atomic E-state index is 11.0. The Bertz CT molecular complexity index is 411. The van der Waals surface area contributed by atoms with Crippen LogP contribution in [0.5, 0.6) is 0 Å². The standard InChI is InChI=1S/C12H17N3OS/c1-8-4-3-5-10(8)14-11-9(7-16)6-13-12(15-11)17-2/h6-8,10H,3-5H2,1-2H3,(H,13,14,15)/t8-,10+/m1/s1. The van der Waals surface area contributed by atoms with Gasteiger partial charge in [-0.15, -0.1) is 0 Å². The summed E-state index contributed by atoms with van der Waals surface area (Å²) in [7, 11) is 0. The normalized spacial score (nSPS) is 23.6. The van der Waals surface area contributed by atoms with Gasteiger partial charge in [0.05, 0.1) is 5.56 Å². The van der Waals surface area contributed by atoms with Gasteiger partial charge in [0.2, 0.25) is 0 Å². The molecule has 2 rings (SSSR count). The van der Waals surface area contributed by atoms with Crippen LogP contribution in [-0.4, -0.2) is 28.6 Å². The first-order valence-corrected chi connectivity index (χ1v) is 7.10. The van der Waals surface area contributed by atoms with Crippen molar-refractivity contribution in [2.24, 2.45) is 5.92 Å². The molecule has 17 heavy (non-hydrogen) atoms. The lowest BCUT2D eigenvalue weighted by atomic mass is 10.1. The Morgan fingerprint density at radius 3 is 2.94 bits per heavy atom. The van der Waals surface area contributed by atoms with E-state index in [-0.39, 0.29) is 0 Å². The number of carbonyl (C=O) groups excluding carboxylic acids is 1. The SMILES string of the molecule is CSc1ncc(C=O)c(N[C@H]2CCC[C@H]2C)n1. The van der Waals surface area contributed by atoms with Gasteiger partial charge < -0.3 is 5.32 Å². The summed E-state index contributed by atoms with van der Waals surface area (Å²) in [6, 6.07) is 0.429. The van der Waals surface area contributed by atoms with E-state index in [1.54, 1.807) is 6.20 Å². The van der Waals surface area contributed by atoms with Crippen LogP contribution < -0.4 is 5.32 Å². The molecule has 0 unspecified atom stereocenters. The molecule has 0 spiro atoms. The van der Waals surface area contributed by atoms with Crippen LogP contribution in [0.3, 0.4) is 0 Å². The molecule has 0 radical (unpaired) electrons. The van der Waals surface area contributed by atoms with Crippen LogP contribution in [0.2, 0.25) is 0 Å². The second-order valence-corrected chi connectivity index (χ2v) is 5.21. The molecular weight excluding hydrogens is 234 g/mol. The zero-order valence-electron chi connectivity index (χ0n) is 10.1. The first-order valence-electron chi connectivity index (χ1n) is 5.87. The summed E-state index contributed by atoms with van der Waals surface area (Å²) >= 11 is 1.48. The number of nitrogens with one attached hydrogen (secondary N) is 1. The molecule has 0 amide bonds. The van der Waals surface area contributed by atoms with Crippen LogP contribution in [0.25, 0.3) is 0 Å². The minimum absolute atomic E-state index is 0.429. The molecule has 0 bridgehead atoms. The van der Waals surface area contributed by atoms with Crippen LogP contribution in [0.1, 0.15) is 36.5 Å². The molecule has 5 heteroatoms. The number of nitrogens with zero attached hydrogens (tertiary/aromatic N) is 2. The van der Waals surface area contributed by atoms with Gasteiger partial charge >= 0.3 is 0 Å². The van der Waals surface area contributed by atoms with Gasteiger partial charge in [0, 0.05) is 12.2 Å². The van der Waals surface area contributed by atoms with Crippen molar-refractivity contribution in [3.05, 3.63) is 11.8 Å². The van der Waals surface area contributed by atoms with Crippen molar-refractivity contribution in [2.45, 2.75) is 37.4 Å². The summed E-state index contributed by atoms with van der Waals surface area (Å²) < 4.78 is 0. The Balaban J connectivity index is 2.20. The predicted octanol–water partition coefficient (Wildman–Crippen LogP) is 2.61. The third kappa shape index (κ3) is 2.77. The van der Waals surface area contributed by atoms with Gasteiger partial charge in [-0.1, -0.05) is 25.1 Å². The van der Waals surface area contributed by atoms with Crippen LogP contribution in [0, 0.1) is 5.92 Å². The minimum atomic E-state index is 0.429. The van der Waals surface area contributed by atoms with E-state index in [1.165, 1.54) is 24.6 Å². The third-order valence-electron chi connectivity index (χ3n) is 3.29. The van der Waals surface area contributed by atoms with Gasteiger partial charge in [-0.05, 0) is 25.0 Å². The fourth-order valence-electron chi connectivity index (χ4n) is 2.21. The Morgan fingerprint density at radius 2 is 2.35 bits per heavy atom. The maximum Gasteiger partial charge on any atom is 0.189 e. The van der Waals surface area contributed by atoms with Gasteiger partial charge in [0.1, 0.15) is 5.82 Å². The number of aldehydes is 1. The summed E-state index contributed by atoms with van der Waals surface area (Å²) in [5.74, 6) is 1.32. The van der Waals surface area contributed by atoms with E-state index >= 15 is 0 Å². The van der Waals surface area contributed by atoms with Crippen LogP contribution in [0.15, 0.2) is 11.4 Å². The number of aromatic nitrogens is 2. The zero-order valence-corrected chi connectivity index (χ0v) is 11.0. The summed E-state index contributed by atoms with van der Waals surface area (Å²) in [6.07, 6.45) is 7.97. The first kappa shape index (κ1) is 12.4. The molecule has 0 aliphatic heterocycles. The third-order valence-corrected chi connectivity index (χ3v) is 3.85. The lowest BCUT2D eigenvalue weighted by Crippen LogP contribution is -2.23. The van der Waals surface area contributed by atoms with Crippen molar-refractivity contribution in [2.75, 3.05) is 11.6 Å². The maximum atomic E-state index is 11.0. The van der Waals surface area contributed by atoms with E-state index in [4.69, 9.17) is 0 Å². The van der Waals surface area contributed by atoms with Gasteiger partial charge in [0.25, 0.3) is 0 Å². The molecule has 1 heterocycles. The van der Waals surface area contributed by atoms with E-state index in [1.807, 2.05) is 6.26 Å². The van der Waals surface area contributed by atoms with Crippen LogP contribution >= 0.6 is 11.8 Å². The number of rotatable bonds is 4. The predicted molar refractivity (Wildman–Crippen MR) is 69.6 cm³/mol. The van der Waals surface area contributed by atoms with Crippen LogP contribution in [0.4, 0.5) is 5.82 Å². The van der Waals surface area contributed by atoms with Gasteiger partial charge in [0.15, 0.2) is 11.4 Å². The molecule has 1 fully saturated rings. The zero-order chi connectivity index (χ0) is 12.3. The summed E-state index contributed by atoms with van der Waals surface area (Å²) in [5, 5.41) is 4.09. The van der Waals surface area contributed by atoms with Crippen molar-refractivity contribution in [1.82, 2.24) is 9.97 Å². The minimum Gasteiger partial charge on any atom is -0.366 e. The molecule has 4 nitrogen and oxygen atoms in total. The van der Waals surface area contributed by atoms with E-state index in [0.717, 1.165) is 12.7 Å². The smallest absolute Gasteiger partial charge is 0.189 e. The monoisotopic (exact) mass is 251 g/mol. The molecule has 1 aliphatic carbocycles. The number of anilines is 1. The van der Waals surface area contributed by atoms with Crippen molar-refractivity contribution in [3.8, 4) is 0 Å². The topological polar surface area (TPSA) is 54.9 Å². The fourth-order valence-corrected chi connectivity index (χ4v) is 2.55. The van der Waals surface area contributed by atoms with Crippen molar-refractivity contribution >= 4 is 23.9 Å². The molecule has 0 aromatic carbocycles. The highest BCUT2D eigenvalue weighted by Crippen LogP contribution is 2.28. The van der Waals surface area contributed by atoms with E-state index in [2.05, 4.69) is 22.2 Å². The summed E-state index contributed by atoms with van der Waals surface area (Å²) in [5.41, 5.74) is 0.543. The van der Waals surface area contributed by atoms with E-state index < -0.39 is 0 Å². The average molecular weight is 251 g/mol. The second kappa shape index (κ2) is 5.49. The number of hydrogen-bond donors (Lipinski definition) is 1. The fraction of sp³-hybridized carbons (Fsp3) is 0.583. The van der Waals surface area contributed by atoms with Gasteiger partial charge in [-0.3, -0.25) is 4.79 Å². The molecule has 0 saturated heterocycles. The van der Waals surface area contributed by atoms with Crippen LogP contribution in [-0.2, 0) is 0 Å². The van der Waals surface area contributed by atoms with Crippen molar-refractivity contribution in [3.63, 3.8) is 0 Å². The number of carbonyl (C=O) groups is 1. The number of hydrogen-bond acceptors (Lipinski definition) is 5. The highest BCUT2D eigenvalue weighted by molar-refractivity contribution is 7.98. The lowest BCUT2D eigenvalue weighted by molar-refractivity contribution is 0.112. The molecule has 1 saturated carbocycles. The van der Waals surface area contributed by atoms with E-state index in [0.29, 0.717) is 28.5 Å². The summed E-state index contributed by atoms with van der Waals surface area (Å²) in [6.45, 7) is 2.24. The molecule has 1 aromatic rings. The largest absolute Gasteiger partial charge is 0.366 e. The second-order valence-electron chi connectivity index (χ2n) is 4.44. The Hall–Kier alpha value is -1.10. The van der Waals surface area contributed by atoms with Gasteiger partial charge in [-0.25, -0.2) is 9.97 Å². The molecular formula is C12H17N3OS. The average Bonchev–Trinajstić information content (AvgIpc) is 2.75. The Labute approximate surface area is 106 Å². The first-order chi connectivity index (χ1) is 8.24. The number of thioether (sulfide) groups is 1. The lowest BCUT2D eigenvalue weighted by Gasteiger charge is -2.18. The van der Waals surface area contributed by atoms with Crippen molar-refractivity contribution < 1.29 is 4.79 Å². The quantitative estimate of drug-likeness (QED) is 0.506. The Kier molecular flexibility index (Phi) is 3.99. The highest BCUT2D eigenvalue weighted by atomic mass is 32.2. The molecule has 92 valence electrons. The van der Waals surface area contributed by atoms with Gasteiger partial charge in [-0.2, -0.15) is 0 Å². The molecule has 1 N–H and O–H groups in total. The Morgan fingerprint density at radius 1 is 1.53 bits per heavy atom. The molecule has 2 atom stereocenters. The molecule has 1 aromatic heterocycles. The van der Waals surface area contributed by atoms with E-state index in [9.17, 15) is 4.79 Å². The molecule has 1 aliphatic rings.